The van der Waals surface area contributed by atoms with E-state index in [0.29, 0.717) is 11.4 Å². The first-order valence-electron chi connectivity index (χ1n) is 6.33. The maximum absolute atomic E-state index is 10.8. The summed E-state index contributed by atoms with van der Waals surface area (Å²) in [6.45, 7) is 0. The van der Waals surface area contributed by atoms with Gasteiger partial charge in [0.25, 0.3) is 5.69 Å². The summed E-state index contributed by atoms with van der Waals surface area (Å²) < 4.78 is 5.84. The Morgan fingerprint density at radius 3 is 2.61 bits per heavy atom. The molecule has 0 heterocycles. The molecule has 0 radical (unpaired) electrons. The first kappa shape index (κ1) is 12.7. The number of nitrogens with one attached hydrogen (secondary N) is 1. The number of anilines is 1. The monoisotopic (exact) mass is 250 g/mol. The zero-order valence-electron chi connectivity index (χ0n) is 10.5. The number of benzene rings is 1. The minimum Gasteiger partial charge on any atom is -0.490 e. The van der Waals surface area contributed by atoms with Crippen LogP contribution in [0.1, 0.15) is 32.1 Å². The molecule has 0 spiro atoms. The third kappa shape index (κ3) is 3.12. The molecular weight excluding hydrogens is 232 g/mol. The van der Waals surface area contributed by atoms with Gasteiger partial charge in [0.2, 0.25) is 0 Å². The van der Waals surface area contributed by atoms with Crippen molar-refractivity contribution < 1.29 is 9.66 Å². The summed E-state index contributed by atoms with van der Waals surface area (Å²) in [5.74, 6) is 0.584. The molecule has 0 saturated heterocycles. The van der Waals surface area contributed by atoms with Gasteiger partial charge in [0.15, 0.2) is 0 Å². The van der Waals surface area contributed by atoms with Gasteiger partial charge in [0, 0.05) is 24.9 Å². The molecule has 0 amide bonds. The van der Waals surface area contributed by atoms with E-state index in [2.05, 4.69) is 5.32 Å². The summed E-state index contributed by atoms with van der Waals surface area (Å²) in [4.78, 5) is 10.4. The van der Waals surface area contributed by atoms with Gasteiger partial charge in [-0.05, 0) is 25.7 Å². The molecule has 1 aromatic carbocycles. The number of nitro benzene ring substituents is 1. The standard InChI is InChI=1S/C13H18N2O3/c1-14-10-7-11(15(16)17)9-13(8-10)18-12-5-3-2-4-6-12/h7-9,12,14H,2-6H2,1H3. The van der Waals surface area contributed by atoms with Gasteiger partial charge < -0.3 is 10.1 Å². The summed E-state index contributed by atoms with van der Waals surface area (Å²) in [7, 11) is 1.74. The molecule has 0 bridgehead atoms. The predicted octanol–water partition coefficient (Wildman–Crippen LogP) is 3.35. The van der Waals surface area contributed by atoms with E-state index in [9.17, 15) is 10.1 Å². The van der Waals surface area contributed by atoms with Crippen molar-refractivity contribution in [2.24, 2.45) is 0 Å². The van der Waals surface area contributed by atoms with Crippen molar-refractivity contribution in [3.63, 3.8) is 0 Å². The van der Waals surface area contributed by atoms with E-state index in [-0.39, 0.29) is 11.8 Å². The quantitative estimate of drug-likeness (QED) is 0.657. The van der Waals surface area contributed by atoms with Crippen molar-refractivity contribution in [2.75, 3.05) is 12.4 Å². The van der Waals surface area contributed by atoms with Crippen LogP contribution in [0, 0.1) is 10.1 Å². The van der Waals surface area contributed by atoms with Gasteiger partial charge in [0.05, 0.1) is 17.1 Å². The molecule has 1 N–H and O–H groups in total. The Hall–Kier alpha value is -1.78. The summed E-state index contributed by atoms with van der Waals surface area (Å²) in [5, 5.41) is 13.8. The van der Waals surface area contributed by atoms with E-state index in [4.69, 9.17) is 4.74 Å². The molecule has 5 nitrogen and oxygen atoms in total. The van der Waals surface area contributed by atoms with Gasteiger partial charge in [-0.25, -0.2) is 0 Å². The van der Waals surface area contributed by atoms with Gasteiger partial charge in [-0.15, -0.1) is 0 Å². The highest BCUT2D eigenvalue weighted by atomic mass is 16.6. The Morgan fingerprint density at radius 1 is 1.28 bits per heavy atom. The van der Waals surface area contributed by atoms with Gasteiger partial charge >= 0.3 is 0 Å². The minimum absolute atomic E-state index is 0.0626. The second-order valence-electron chi connectivity index (χ2n) is 4.60. The second-order valence-corrected chi connectivity index (χ2v) is 4.60. The van der Waals surface area contributed by atoms with E-state index < -0.39 is 4.92 Å². The minimum atomic E-state index is -0.394. The molecule has 1 saturated carbocycles. The molecule has 5 heteroatoms. The van der Waals surface area contributed by atoms with Crippen LogP contribution < -0.4 is 10.1 Å². The smallest absolute Gasteiger partial charge is 0.275 e. The number of hydrogen-bond acceptors (Lipinski definition) is 4. The highest BCUT2D eigenvalue weighted by Crippen LogP contribution is 2.29. The number of nitro groups is 1. The molecule has 0 atom stereocenters. The molecule has 18 heavy (non-hydrogen) atoms. The summed E-state index contributed by atoms with van der Waals surface area (Å²) in [6, 6.07) is 4.81. The molecule has 0 aliphatic heterocycles. The van der Waals surface area contributed by atoms with Crippen LogP contribution >= 0.6 is 0 Å². The molecule has 1 aliphatic rings. The average molecular weight is 250 g/mol. The van der Waals surface area contributed by atoms with Gasteiger partial charge in [-0.2, -0.15) is 0 Å². The lowest BCUT2D eigenvalue weighted by atomic mass is 9.98. The van der Waals surface area contributed by atoms with Crippen LogP contribution in [0.2, 0.25) is 0 Å². The van der Waals surface area contributed by atoms with Crippen LogP contribution in [0.3, 0.4) is 0 Å². The van der Waals surface area contributed by atoms with Crippen molar-refractivity contribution in [1.82, 2.24) is 0 Å². The average Bonchev–Trinajstić information content (AvgIpc) is 2.39. The number of non-ortho nitro benzene ring substituents is 1. The largest absolute Gasteiger partial charge is 0.490 e. The number of ether oxygens (including phenoxy) is 1. The number of hydrogen-bond donors (Lipinski definition) is 1. The van der Waals surface area contributed by atoms with Gasteiger partial charge in [-0.3, -0.25) is 10.1 Å². The number of nitrogens with zero attached hydrogens (tertiary/aromatic N) is 1. The number of rotatable bonds is 4. The van der Waals surface area contributed by atoms with Crippen molar-refractivity contribution in [2.45, 2.75) is 38.2 Å². The second kappa shape index (κ2) is 5.71. The van der Waals surface area contributed by atoms with E-state index in [1.54, 1.807) is 7.05 Å². The third-order valence-electron chi connectivity index (χ3n) is 3.25. The van der Waals surface area contributed by atoms with Gasteiger partial charge in [-0.1, -0.05) is 6.42 Å². The summed E-state index contributed by atoms with van der Waals surface area (Å²) in [5.41, 5.74) is 0.766. The third-order valence-corrected chi connectivity index (χ3v) is 3.25. The summed E-state index contributed by atoms with van der Waals surface area (Å²) in [6.07, 6.45) is 5.90. The summed E-state index contributed by atoms with van der Waals surface area (Å²) >= 11 is 0. The van der Waals surface area contributed by atoms with E-state index >= 15 is 0 Å². The molecule has 1 aliphatic carbocycles. The fraction of sp³-hybridized carbons (Fsp3) is 0.538. The molecule has 2 rings (SSSR count). The lowest BCUT2D eigenvalue weighted by Crippen LogP contribution is -2.19. The first-order chi connectivity index (χ1) is 8.69. The lowest BCUT2D eigenvalue weighted by molar-refractivity contribution is -0.384. The Balaban J connectivity index is 2.15. The van der Waals surface area contributed by atoms with Crippen LogP contribution in [0.25, 0.3) is 0 Å². The van der Waals surface area contributed by atoms with Crippen LogP contribution in [-0.4, -0.2) is 18.1 Å². The van der Waals surface area contributed by atoms with Crippen LogP contribution in [0.5, 0.6) is 5.75 Å². The Bertz CT molecular complexity index is 428. The fourth-order valence-corrected chi connectivity index (χ4v) is 2.28. The molecule has 0 aromatic heterocycles. The predicted molar refractivity (Wildman–Crippen MR) is 70.1 cm³/mol. The van der Waals surface area contributed by atoms with E-state index in [1.807, 2.05) is 6.07 Å². The van der Waals surface area contributed by atoms with Crippen LogP contribution in [0.15, 0.2) is 18.2 Å². The van der Waals surface area contributed by atoms with Crippen molar-refractivity contribution in [3.05, 3.63) is 28.3 Å². The molecular formula is C13H18N2O3. The van der Waals surface area contributed by atoms with Gasteiger partial charge in [0.1, 0.15) is 5.75 Å². The van der Waals surface area contributed by atoms with Crippen molar-refractivity contribution in [1.29, 1.82) is 0 Å². The zero-order valence-corrected chi connectivity index (χ0v) is 10.5. The molecule has 1 aromatic rings. The fourth-order valence-electron chi connectivity index (χ4n) is 2.28. The maximum Gasteiger partial charge on any atom is 0.275 e. The maximum atomic E-state index is 10.8. The molecule has 1 fully saturated rings. The first-order valence-corrected chi connectivity index (χ1v) is 6.33. The SMILES string of the molecule is CNc1cc(OC2CCCCC2)cc([N+](=O)[O-])c1. The Morgan fingerprint density at radius 2 is 2.00 bits per heavy atom. The van der Waals surface area contributed by atoms with E-state index in [0.717, 1.165) is 12.8 Å². The van der Waals surface area contributed by atoms with Crippen molar-refractivity contribution in [3.8, 4) is 5.75 Å². The van der Waals surface area contributed by atoms with E-state index in [1.165, 1.54) is 31.4 Å². The molecule has 98 valence electrons. The lowest BCUT2D eigenvalue weighted by Gasteiger charge is -2.23. The highest BCUT2D eigenvalue weighted by Gasteiger charge is 2.17. The molecule has 0 unspecified atom stereocenters. The Labute approximate surface area is 106 Å². The van der Waals surface area contributed by atoms with Crippen LogP contribution in [-0.2, 0) is 0 Å². The van der Waals surface area contributed by atoms with Crippen molar-refractivity contribution >= 4 is 11.4 Å². The Kier molecular flexibility index (Phi) is 4.02. The normalized spacial score (nSPS) is 16.3. The highest BCUT2D eigenvalue weighted by molar-refractivity contribution is 5.56. The zero-order chi connectivity index (χ0) is 13.0. The van der Waals surface area contributed by atoms with Crippen LogP contribution in [0.4, 0.5) is 11.4 Å². The topological polar surface area (TPSA) is 64.4 Å².